The Balaban J connectivity index is 1.69. The molecule has 0 amide bonds. The molecule has 0 aliphatic rings. The molecule has 2 aromatic heterocycles. The van der Waals surface area contributed by atoms with Crippen LogP contribution in [-0.2, 0) is 0 Å². The van der Waals surface area contributed by atoms with E-state index in [2.05, 4.69) is 24.1 Å². The van der Waals surface area contributed by atoms with Gasteiger partial charge in [-0.2, -0.15) is 0 Å². The summed E-state index contributed by atoms with van der Waals surface area (Å²) in [5.41, 5.74) is 9.20. The highest BCUT2D eigenvalue weighted by Gasteiger charge is 2.17. The van der Waals surface area contributed by atoms with Gasteiger partial charge in [-0.3, -0.25) is 0 Å². The van der Waals surface area contributed by atoms with Crippen LogP contribution in [0.5, 0.6) is 5.75 Å². The highest BCUT2D eigenvalue weighted by molar-refractivity contribution is 6.14. The molecule has 0 bridgehead atoms. The van der Waals surface area contributed by atoms with Crippen molar-refractivity contribution < 1.29 is 13.5 Å². The topological polar surface area (TPSA) is 76.5 Å². The van der Waals surface area contributed by atoms with Crippen molar-refractivity contribution in [2.75, 3.05) is 44.6 Å². The van der Waals surface area contributed by atoms with Crippen LogP contribution < -0.4 is 15.8 Å². The van der Waals surface area contributed by atoms with E-state index in [1.54, 1.807) is 6.07 Å². The second-order valence-electron chi connectivity index (χ2n) is 7.88. The molecular formula is C25H31FN4O2. The zero-order chi connectivity index (χ0) is 22.5. The number of furan rings is 1. The van der Waals surface area contributed by atoms with E-state index in [-0.39, 0.29) is 5.82 Å². The third kappa shape index (κ3) is 4.64. The van der Waals surface area contributed by atoms with Crippen LogP contribution in [0.1, 0.15) is 26.7 Å². The number of fused-ring (bicyclic) bond motifs is 4. The molecule has 4 aromatic rings. The van der Waals surface area contributed by atoms with Crippen LogP contribution >= 0.6 is 0 Å². The summed E-state index contributed by atoms with van der Waals surface area (Å²) in [6.45, 7) is 9.40. The lowest BCUT2D eigenvalue weighted by Crippen LogP contribution is -2.25. The van der Waals surface area contributed by atoms with Gasteiger partial charge >= 0.3 is 0 Å². The van der Waals surface area contributed by atoms with Gasteiger partial charge in [0.2, 0.25) is 0 Å². The zero-order valence-electron chi connectivity index (χ0n) is 18.8. The SMILES string of the molecule is CCN(CC)CCCOc1ccc2nc3c(oc4ccc(F)cc43)c(NCCCN)c2c1. The smallest absolute Gasteiger partial charge is 0.177 e. The number of hydrogen-bond donors (Lipinski definition) is 2. The Labute approximate surface area is 187 Å². The van der Waals surface area contributed by atoms with Crippen LogP contribution in [0.15, 0.2) is 40.8 Å². The molecule has 4 rings (SSSR count). The number of nitrogens with one attached hydrogen (secondary N) is 1. The van der Waals surface area contributed by atoms with Crippen molar-refractivity contribution in [3.8, 4) is 5.75 Å². The first-order valence-electron chi connectivity index (χ1n) is 11.4. The Hall–Kier alpha value is -2.90. The van der Waals surface area contributed by atoms with Crippen molar-refractivity contribution in [1.82, 2.24) is 9.88 Å². The summed E-state index contributed by atoms with van der Waals surface area (Å²) < 4.78 is 26.0. The maximum absolute atomic E-state index is 13.9. The number of ether oxygens (including phenoxy) is 1. The summed E-state index contributed by atoms with van der Waals surface area (Å²) in [5.74, 6) is 0.482. The molecule has 0 atom stereocenters. The molecule has 2 aromatic carbocycles. The van der Waals surface area contributed by atoms with E-state index < -0.39 is 0 Å². The summed E-state index contributed by atoms with van der Waals surface area (Å²) >= 11 is 0. The summed E-state index contributed by atoms with van der Waals surface area (Å²) in [6.07, 6.45) is 1.79. The Morgan fingerprint density at radius 3 is 2.72 bits per heavy atom. The van der Waals surface area contributed by atoms with E-state index in [9.17, 15) is 4.39 Å². The van der Waals surface area contributed by atoms with Crippen LogP contribution in [0.3, 0.4) is 0 Å². The predicted molar refractivity (Wildman–Crippen MR) is 129 cm³/mol. The average molecular weight is 439 g/mol. The highest BCUT2D eigenvalue weighted by Crippen LogP contribution is 2.38. The molecule has 0 saturated carbocycles. The second kappa shape index (κ2) is 10.1. The van der Waals surface area contributed by atoms with Crippen molar-refractivity contribution in [1.29, 1.82) is 0 Å². The largest absolute Gasteiger partial charge is 0.494 e. The maximum atomic E-state index is 13.9. The lowest BCUT2D eigenvalue weighted by atomic mass is 10.1. The van der Waals surface area contributed by atoms with Crippen LogP contribution in [-0.4, -0.2) is 49.2 Å². The van der Waals surface area contributed by atoms with Crippen molar-refractivity contribution in [3.05, 3.63) is 42.2 Å². The number of nitrogens with two attached hydrogens (primary N) is 1. The lowest BCUT2D eigenvalue weighted by molar-refractivity contribution is 0.249. The van der Waals surface area contributed by atoms with Gasteiger partial charge in [0.25, 0.3) is 0 Å². The first-order chi connectivity index (χ1) is 15.6. The summed E-state index contributed by atoms with van der Waals surface area (Å²) in [7, 11) is 0. The molecule has 7 heteroatoms. The average Bonchev–Trinajstić information content (AvgIpc) is 3.16. The van der Waals surface area contributed by atoms with E-state index >= 15 is 0 Å². The number of pyridine rings is 1. The normalized spacial score (nSPS) is 11.8. The molecule has 0 aliphatic carbocycles. The molecule has 32 heavy (non-hydrogen) atoms. The minimum Gasteiger partial charge on any atom is -0.494 e. The molecule has 0 spiro atoms. The number of anilines is 1. The van der Waals surface area contributed by atoms with Crippen molar-refractivity contribution in [3.63, 3.8) is 0 Å². The third-order valence-corrected chi connectivity index (χ3v) is 5.79. The monoisotopic (exact) mass is 438 g/mol. The predicted octanol–water partition coefficient (Wildman–Crippen LogP) is 5.14. The zero-order valence-corrected chi connectivity index (χ0v) is 18.8. The number of benzene rings is 2. The Morgan fingerprint density at radius 1 is 1.09 bits per heavy atom. The van der Waals surface area contributed by atoms with Crippen LogP contribution in [0.4, 0.5) is 10.1 Å². The van der Waals surface area contributed by atoms with Crippen LogP contribution in [0, 0.1) is 5.82 Å². The molecule has 0 fully saturated rings. The minimum absolute atomic E-state index is 0.312. The van der Waals surface area contributed by atoms with E-state index in [4.69, 9.17) is 19.9 Å². The fourth-order valence-electron chi connectivity index (χ4n) is 3.99. The molecule has 0 aliphatic heterocycles. The van der Waals surface area contributed by atoms with Gasteiger partial charge in [-0.05, 0) is 68.9 Å². The summed E-state index contributed by atoms with van der Waals surface area (Å²) in [6, 6.07) is 10.4. The number of hydrogen-bond acceptors (Lipinski definition) is 6. The van der Waals surface area contributed by atoms with Gasteiger partial charge < -0.3 is 25.1 Å². The minimum atomic E-state index is -0.312. The number of halogens is 1. The van der Waals surface area contributed by atoms with E-state index in [0.717, 1.165) is 54.8 Å². The molecule has 6 nitrogen and oxygen atoms in total. The summed E-state index contributed by atoms with van der Waals surface area (Å²) in [4.78, 5) is 7.17. The molecule has 0 unspecified atom stereocenters. The molecule has 2 heterocycles. The van der Waals surface area contributed by atoms with Gasteiger partial charge in [0.05, 0.1) is 17.8 Å². The van der Waals surface area contributed by atoms with Gasteiger partial charge in [0.15, 0.2) is 5.58 Å². The lowest BCUT2D eigenvalue weighted by Gasteiger charge is -2.17. The standard InChI is InChI=1S/C25H31FN4O2/c1-3-30(4-2)13-6-14-31-18-8-9-21-19(16-18)23(28-12-5-11-27)25-24(29-21)20-15-17(26)7-10-22(20)32-25/h7-10,15-16H,3-6,11-14,27H2,1-2H3,(H,28,29). The first-order valence-corrected chi connectivity index (χ1v) is 11.4. The molecule has 3 N–H and O–H groups in total. The molecule has 170 valence electrons. The quantitative estimate of drug-likeness (QED) is 0.316. The third-order valence-electron chi connectivity index (χ3n) is 5.79. The fourth-order valence-corrected chi connectivity index (χ4v) is 3.99. The van der Waals surface area contributed by atoms with Gasteiger partial charge in [-0.25, -0.2) is 9.37 Å². The van der Waals surface area contributed by atoms with Crippen LogP contribution in [0.2, 0.25) is 0 Å². The number of aromatic nitrogens is 1. The Morgan fingerprint density at radius 2 is 1.94 bits per heavy atom. The Bertz CT molecular complexity index is 1200. The van der Waals surface area contributed by atoms with E-state index in [0.29, 0.717) is 41.8 Å². The van der Waals surface area contributed by atoms with Crippen molar-refractivity contribution in [2.24, 2.45) is 5.73 Å². The van der Waals surface area contributed by atoms with E-state index in [1.165, 1.54) is 12.1 Å². The van der Waals surface area contributed by atoms with Crippen LogP contribution in [0.25, 0.3) is 33.0 Å². The highest BCUT2D eigenvalue weighted by atomic mass is 19.1. The molecular weight excluding hydrogens is 407 g/mol. The van der Waals surface area contributed by atoms with Crippen molar-refractivity contribution in [2.45, 2.75) is 26.7 Å². The van der Waals surface area contributed by atoms with Gasteiger partial charge in [0, 0.05) is 23.9 Å². The Kier molecular flexibility index (Phi) is 7.07. The maximum Gasteiger partial charge on any atom is 0.177 e. The van der Waals surface area contributed by atoms with Crippen molar-refractivity contribution >= 4 is 38.7 Å². The molecule has 0 saturated heterocycles. The van der Waals surface area contributed by atoms with Gasteiger partial charge in [-0.15, -0.1) is 0 Å². The fraction of sp³-hybridized carbons (Fsp3) is 0.400. The number of nitrogens with zero attached hydrogens (tertiary/aromatic N) is 2. The van der Waals surface area contributed by atoms with E-state index in [1.807, 2.05) is 18.2 Å². The first kappa shape index (κ1) is 22.3. The molecule has 0 radical (unpaired) electrons. The summed E-state index contributed by atoms with van der Waals surface area (Å²) in [5, 5.41) is 5.04. The number of rotatable bonds is 11. The van der Waals surface area contributed by atoms with Gasteiger partial charge in [-0.1, -0.05) is 13.8 Å². The van der Waals surface area contributed by atoms with Gasteiger partial charge in [0.1, 0.15) is 22.7 Å². The second-order valence-corrected chi connectivity index (χ2v) is 7.88.